The van der Waals surface area contributed by atoms with Crippen molar-refractivity contribution in [3.8, 4) is 5.75 Å². The zero-order chi connectivity index (χ0) is 13.1. The van der Waals surface area contributed by atoms with Gasteiger partial charge < -0.3 is 10.4 Å². The highest BCUT2D eigenvalue weighted by molar-refractivity contribution is 6.32. The largest absolute Gasteiger partial charge is 0.506 e. The molecule has 0 saturated carbocycles. The van der Waals surface area contributed by atoms with Crippen LogP contribution in [0.4, 0.5) is 8.78 Å². The summed E-state index contributed by atoms with van der Waals surface area (Å²) in [5, 5.41) is 13.1. The molecule has 1 aliphatic heterocycles. The highest BCUT2D eigenvalue weighted by Crippen LogP contribution is 2.37. The third-order valence-corrected chi connectivity index (χ3v) is 3.43. The number of hydrogen-bond donors (Lipinski definition) is 2. The average Bonchev–Trinajstić information content (AvgIpc) is 2.36. The lowest BCUT2D eigenvalue weighted by Crippen LogP contribution is -2.46. The molecule has 0 amide bonds. The van der Waals surface area contributed by atoms with Crippen LogP contribution in [0.1, 0.15) is 11.6 Å². The van der Waals surface area contributed by atoms with Crippen molar-refractivity contribution >= 4 is 36.4 Å². The van der Waals surface area contributed by atoms with Gasteiger partial charge in [0.1, 0.15) is 11.8 Å². The first-order valence-corrected chi connectivity index (χ1v) is 6.19. The summed E-state index contributed by atoms with van der Waals surface area (Å²) in [5.74, 6) is -0.247. The number of benzene rings is 1. The number of halogens is 5. The fourth-order valence-corrected chi connectivity index (χ4v) is 2.40. The van der Waals surface area contributed by atoms with Crippen molar-refractivity contribution in [1.82, 2.24) is 10.2 Å². The van der Waals surface area contributed by atoms with Crippen LogP contribution in [-0.4, -0.2) is 42.6 Å². The minimum atomic E-state index is -2.56. The van der Waals surface area contributed by atoms with Gasteiger partial charge in [0.2, 0.25) is 0 Å². The monoisotopic (exact) mass is 348 g/mol. The predicted octanol–water partition coefficient (Wildman–Crippen LogP) is 3.10. The molecule has 2 rings (SSSR count). The molecule has 8 heteroatoms. The molecule has 0 bridgehead atoms. The third kappa shape index (κ3) is 4.33. The molecule has 1 aliphatic rings. The fraction of sp³-hybridized carbons (Fsp3) is 0.500. The van der Waals surface area contributed by atoms with Crippen molar-refractivity contribution in [2.75, 3.05) is 26.2 Å². The number of alkyl halides is 2. The minimum Gasteiger partial charge on any atom is -0.506 e. The van der Waals surface area contributed by atoms with E-state index in [1.54, 1.807) is 11.0 Å². The number of nitrogens with zero attached hydrogens (tertiary/aromatic N) is 1. The third-order valence-electron chi connectivity index (χ3n) is 3.12. The quantitative estimate of drug-likeness (QED) is 0.880. The second kappa shape index (κ2) is 8.85. The first kappa shape index (κ1) is 19.7. The molecule has 1 fully saturated rings. The Labute approximate surface area is 134 Å². The molecule has 1 heterocycles. The summed E-state index contributed by atoms with van der Waals surface area (Å²) in [6.45, 7) is 2.40. The number of phenolic OH excluding ortho intramolecular Hbond substituents is 1. The number of para-hydroxylation sites is 1. The molecular formula is C12H17Cl3F2N2O. The van der Waals surface area contributed by atoms with Gasteiger partial charge in [0.15, 0.2) is 0 Å². The van der Waals surface area contributed by atoms with Crippen molar-refractivity contribution in [2.24, 2.45) is 0 Å². The van der Waals surface area contributed by atoms with E-state index in [1.807, 2.05) is 0 Å². The van der Waals surface area contributed by atoms with E-state index < -0.39 is 12.5 Å². The van der Waals surface area contributed by atoms with E-state index in [4.69, 9.17) is 11.6 Å². The standard InChI is InChI=1S/C12H15ClF2N2O.2ClH/c13-9-3-1-2-8(11(9)18)10(12(14)15)17-6-4-16-5-7-17;;/h1-3,10,12,16,18H,4-7H2;2*1H/t10-;;/m1../s1. The number of nitrogens with one attached hydrogen (secondary N) is 1. The van der Waals surface area contributed by atoms with Crippen molar-refractivity contribution in [1.29, 1.82) is 0 Å². The molecule has 1 aromatic carbocycles. The number of hydrogen-bond acceptors (Lipinski definition) is 3. The minimum absolute atomic E-state index is 0. The van der Waals surface area contributed by atoms with E-state index in [2.05, 4.69) is 5.32 Å². The van der Waals surface area contributed by atoms with Crippen LogP contribution >= 0.6 is 36.4 Å². The first-order valence-electron chi connectivity index (χ1n) is 5.81. The van der Waals surface area contributed by atoms with E-state index in [9.17, 15) is 13.9 Å². The first-order chi connectivity index (χ1) is 8.61. The highest BCUT2D eigenvalue weighted by atomic mass is 35.5. The van der Waals surface area contributed by atoms with Crippen LogP contribution in [0, 0.1) is 0 Å². The van der Waals surface area contributed by atoms with Gasteiger partial charge in [-0.3, -0.25) is 4.90 Å². The summed E-state index contributed by atoms with van der Waals surface area (Å²) >= 11 is 5.78. The van der Waals surface area contributed by atoms with Crippen molar-refractivity contribution in [3.05, 3.63) is 28.8 Å². The molecule has 1 saturated heterocycles. The van der Waals surface area contributed by atoms with Crippen molar-refractivity contribution in [2.45, 2.75) is 12.5 Å². The number of aromatic hydroxyl groups is 1. The average molecular weight is 350 g/mol. The lowest BCUT2D eigenvalue weighted by molar-refractivity contribution is 0.0170. The van der Waals surface area contributed by atoms with Crippen LogP contribution in [0.5, 0.6) is 5.75 Å². The normalized spacial score (nSPS) is 17.2. The van der Waals surface area contributed by atoms with Crippen LogP contribution in [0.25, 0.3) is 0 Å². The molecular weight excluding hydrogens is 333 g/mol. The molecule has 0 radical (unpaired) electrons. The molecule has 0 spiro atoms. The van der Waals surface area contributed by atoms with Crippen LogP contribution in [0.15, 0.2) is 18.2 Å². The summed E-state index contributed by atoms with van der Waals surface area (Å²) in [4.78, 5) is 1.67. The van der Waals surface area contributed by atoms with Crippen molar-refractivity contribution < 1.29 is 13.9 Å². The zero-order valence-electron chi connectivity index (χ0n) is 10.6. The Kier molecular flexibility index (Phi) is 8.70. The summed E-state index contributed by atoms with van der Waals surface area (Å²) in [6, 6.07) is 3.46. The summed E-state index contributed by atoms with van der Waals surface area (Å²) in [7, 11) is 0. The number of piperazine rings is 1. The Bertz CT molecular complexity index is 418. The summed E-state index contributed by atoms with van der Waals surface area (Å²) < 4.78 is 26.5. The van der Waals surface area contributed by atoms with Gasteiger partial charge in [-0.25, -0.2) is 8.78 Å². The molecule has 3 nitrogen and oxygen atoms in total. The Morgan fingerprint density at radius 1 is 1.20 bits per heavy atom. The molecule has 20 heavy (non-hydrogen) atoms. The van der Waals surface area contributed by atoms with Crippen molar-refractivity contribution in [3.63, 3.8) is 0 Å². The van der Waals surface area contributed by atoms with E-state index >= 15 is 0 Å². The smallest absolute Gasteiger partial charge is 0.258 e. The van der Waals surface area contributed by atoms with E-state index in [0.717, 1.165) is 0 Å². The fourth-order valence-electron chi connectivity index (χ4n) is 2.22. The number of rotatable bonds is 3. The van der Waals surface area contributed by atoms with Crippen LogP contribution in [0.3, 0.4) is 0 Å². The second-order valence-electron chi connectivity index (χ2n) is 4.24. The zero-order valence-corrected chi connectivity index (χ0v) is 12.9. The van der Waals surface area contributed by atoms with Gasteiger partial charge in [-0.1, -0.05) is 23.7 Å². The Balaban J connectivity index is 0.00000180. The maximum absolute atomic E-state index is 13.3. The van der Waals surface area contributed by atoms with Gasteiger partial charge in [-0.15, -0.1) is 24.8 Å². The maximum Gasteiger partial charge on any atom is 0.258 e. The van der Waals surface area contributed by atoms with Gasteiger partial charge in [-0.05, 0) is 6.07 Å². The van der Waals surface area contributed by atoms with E-state index in [0.29, 0.717) is 26.2 Å². The SMILES string of the molecule is Cl.Cl.Oc1c(Cl)cccc1[C@H](C(F)F)N1CCNCC1. The van der Waals surface area contributed by atoms with E-state index in [1.165, 1.54) is 12.1 Å². The highest BCUT2D eigenvalue weighted by Gasteiger charge is 2.32. The number of phenols is 1. The lowest BCUT2D eigenvalue weighted by Gasteiger charge is -2.34. The summed E-state index contributed by atoms with van der Waals surface area (Å²) in [6.07, 6.45) is -2.56. The molecule has 116 valence electrons. The Morgan fingerprint density at radius 2 is 1.80 bits per heavy atom. The Morgan fingerprint density at radius 3 is 2.35 bits per heavy atom. The van der Waals surface area contributed by atoms with Gasteiger partial charge in [-0.2, -0.15) is 0 Å². The molecule has 2 N–H and O–H groups in total. The van der Waals surface area contributed by atoms with Gasteiger partial charge in [0.05, 0.1) is 5.02 Å². The molecule has 0 aliphatic carbocycles. The molecule has 0 aromatic heterocycles. The van der Waals surface area contributed by atoms with E-state index in [-0.39, 0.29) is 41.1 Å². The topological polar surface area (TPSA) is 35.5 Å². The van der Waals surface area contributed by atoms with Gasteiger partial charge in [0.25, 0.3) is 6.43 Å². The van der Waals surface area contributed by atoms with Gasteiger partial charge in [0, 0.05) is 31.7 Å². The maximum atomic E-state index is 13.3. The molecule has 0 unspecified atom stereocenters. The van der Waals surface area contributed by atoms with Crippen LogP contribution in [-0.2, 0) is 0 Å². The Hall–Kier alpha value is -0.330. The predicted molar refractivity (Wildman–Crippen MR) is 80.8 cm³/mol. The summed E-state index contributed by atoms with van der Waals surface area (Å²) in [5.41, 5.74) is 0.194. The second-order valence-corrected chi connectivity index (χ2v) is 4.65. The van der Waals surface area contributed by atoms with Crippen LogP contribution in [0.2, 0.25) is 5.02 Å². The van der Waals surface area contributed by atoms with Crippen LogP contribution < -0.4 is 5.32 Å². The van der Waals surface area contributed by atoms with Gasteiger partial charge >= 0.3 is 0 Å². The molecule has 1 aromatic rings. The lowest BCUT2D eigenvalue weighted by atomic mass is 10.0. The molecule has 1 atom stereocenters.